The van der Waals surface area contributed by atoms with Gasteiger partial charge in [-0.15, -0.1) is 0 Å². The van der Waals surface area contributed by atoms with Gasteiger partial charge in [-0.2, -0.15) is 0 Å². The number of hydrogen-bond acceptors (Lipinski definition) is 3. The molecule has 0 aliphatic heterocycles. The number of ketones is 1. The van der Waals surface area contributed by atoms with Crippen molar-refractivity contribution in [2.45, 2.75) is 4.90 Å². The van der Waals surface area contributed by atoms with Crippen molar-refractivity contribution in [1.29, 1.82) is 0 Å². The minimum absolute atomic E-state index is 0.0264. The van der Waals surface area contributed by atoms with Crippen molar-refractivity contribution in [2.24, 2.45) is 0 Å². The molecule has 0 radical (unpaired) electrons. The van der Waals surface area contributed by atoms with Gasteiger partial charge in [-0.1, -0.05) is 48.5 Å². The van der Waals surface area contributed by atoms with Gasteiger partial charge in [-0.25, -0.2) is 0 Å². The van der Waals surface area contributed by atoms with E-state index in [2.05, 4.69) is 0 Å². The lowest BCUT2D eigenvalue weighted by Crippen LogP contribution is -2.15. The molecule has 4 heteroatoms. The average Bonchev–Trinajstić information content (AvgIpc) is 2.53. The molecule has 3 nitrogen and oxygen atoms in total. The first kappa shape index (κ1) is 16.0. The molecule has 0 heterocycles. The Balaban J connectivity index is 2.08. The van der Waals surface area contributed by atoms with Gasteiger partial charge < -0.3 is 4.90 Å². The average molecular weight is 311 g/mol. The molecule has 2 rings (SSSR count). The van der Waals surface area contributed by atoms with Crippen LogP contribution in [0.15, 0.2) is 65.6 Å². The molecule has 0 N–H and O–H groups in total. The Morgan fingerprint density at radius 2 is 1.73 bits per heavy atom. The number of nitrogens with zero attached hydrogens (tertiary/aromatic N) is 1. The molecule has 0 aliphatic carbocycles. The summed E-state index contributed by atoms with van der Waals surface area (Å²) >= 11 is 1.16. The van der Waals surface area contributed by atoms with Crippen molar-refractivity contribution in [1.82, 2.24) is 4.90 Å². The fourth-order valence-corrected chi connectivity index (χ4v) is 2.47. The second-order valence-corrected chi connectivity index (χ2v) is 5.92. The maximum absolute atomic E-state index is 12.0. The second-order valence-electron chi connectivity index (χ2n) is 4.90. The summed E-state index contributed by atoms with van der Waals surface area (Å²) in [7, 11) is 3.44. The first-order valence-corrected chi connectivity index (χ1v) is 7.64. The number of carbonyl (C=O) groups is 2. The van der Waals surface area contributed by atoms with Crippen molar-refractivity contribution < 1.29 is 9.59 Å². The molecular weight excluding hydrogens is 294 g/mol. The standard InChI is InChI=1S/C18H17NO2S/c1-19(2)18(21)22-16-10-6-7-14(13-16)11-12-17(20)15-8-4-3-5-9-15/h3-13H,1-2H3/b12-11+. The number of allylic oxidation sites excluding steroid dienone is 1. The molecule has 0 saturated heterocycles. The van der Waals surface area contributed by atoms with Gasteiger partial charge in [0.05, 0.1) is 0 Å². The van der Waals surface area contributed by atoms with E-state index in [1.807, 2.05) is 42.5 Å². The van der Waals surface area contributed by atoms with Crippen molar-refractivity contribution in [3.63, 3.8) is 0 Å². The first-order valence-electron chi connectivity index (χ1n) is 6.83. The van der Waals surface area contributed by atoms with Crippen molar-refractivity contribution in [3.8, 4) is 0 Å². The zero-order chi connectivity index (χ0) is 15.9. The summed E-state index contributed by atoms with van der Waals surface area (Å²) in [4.78, 5) is 26.1. The summed E-state index contributed by atoms with van der Waals surface area (Å²) < 4.78 is 0. The molecule has 112 valence electrons. The van der Waals surface area contributed by atoms with E-state index in [9.17, 15) is 9.59 Å². The summed E-state index contributed by atoms with van der Waals surface area (Å²) in [5.74, 6) is -0.0389. The SMILES string of the molecule is CN(C)C(=O)Sc1cccc(/C=C/C(=O)c2ccccc2)c1. The van der Waals surface area contributed by atoms with Crippen LogP contribution in [0.3, 0.4) is 0 Å². The van der Waals surface area contributed by atoms with E-state index in [1.165, 1.54) is 4.90 Å². The molecule has 0 atom stereocenters. The van der Waals surface area contributed by atoms with E-state index < -0.39 is 0 Å². The highest BCUT2D eigenvalue weighted by atomic mass is 32.2. The van der Waals surface area contributed by atoms with Crippen LogP contribution < -0.4 is 0 Å². The van der Waals surface area contributed by atoms with E-state index in [0.29, 0.717) is 5.56 Å². The van der Waals surface area contributed by atoms with Gasteiger partial charge in [-0.3, -0.25) is 9.59 Å². The summed E-state index contributed by atoms with van der Waals surface area (Å²) in [5.41, 5.74) is 1.55. The monoisotopic (exact) mass is 311 g/mol. The zero-order valence-electron chi connectivity index (χ0n) is 12.5. The highest BCUT2D eigenvalue weighted by molar-refractivity contribution is 8.13. The molecule has 0 unspecified atom stereocenters. The Hall–Kier alpha value is -2.33. The normalized spacial score (nSPS) is 10.6. The lowest BCUT2D eigenvalue weighted by molar-refractivity contribution is 0.104. The molecule has 0 aliphatic rings. The number of benzene rings is 2. The predicted octanol–water partition coefficient (Wildman–Crippen LogP) is 4.36. The van der Waals surface area contributed by atoms with Crippen LogP contribution in [0, 0.1) is 0 Å². The number of hydrogen-bond donors (Lipinski definition) is 0. The quantitative estimate of drug-likeness (QED) is 0.478. The number of thioether (sulfide) groups is 1. The smallest absolute Gasteiger partial charge is 0.285 e. The highest BCUT2D eigenvalue weighted by Crippen LogP contribution is 2.22. The van der Waals surface area contributed by atoms with Crippen LogP contribution in [0.25, 0.3) is 6.08 Å². The Morgan fingerprint density at radius 3 is 2.41 bits per heavy atom. The molecule has 2 aromatic rings. The molecule has 0 bridgehead atoms. The molecular formula is C18H17NO2S. The van der Waals surface area contributed by atoms with Crippen LogP contribution in [0.4, 0.5) is 4.79 Å². The third kappa shape index (κ3) is 4.60. The van der Waals surface area contributed by atoms with Crippen LogP contribution in [0.2, 0.25) is 0 Å². The van der Waals surface area contributed by atoms with E-state index in [0.717, 1.165) is 22.2 Å². The van der Waals surface area contributed by atoms with Crippen molar-refractivity contribution in [2.75, 3.05) is 14.1 Å². The van der Waals surface area contributed by atoms with Crippen LogP contribution in [0.1, 0.15) is 15.9 Å². The van der Waals surface area contributed by atoms with E-state index >= 15 is 0 Å². The van der Waals surface area contributed by atoms with E-state index in [-0.39, 0.29) is 11.0 Å². The van der Waals surface area contributed by atoms with Crippen LogP contribution in [-0.4, -0.2) is 30.0 Å². The molecule has 2 aromatic carbocycles. The van der Waals surface area contributed by atoms with Crippen molar-refractivity contribution >= 4 is 28.9 Å². The fourth-order valence-electron chi connectivity index (χ4n) is 1.74. The maximum Gasteiger partial charge on any atom is 0.285 e. The lowest BCUT2D eigenvalue weighted by Gasteiger charge is -2.09. The Kier molecular flexibility index (Phi) is 5.55. The second kappa shape index (κ2) is 7.61. The molecule has 22 heavy (non-hydrogen) atoms. The van der Waals surface area contributed by atoms with Gasteiger partial charge in [0.25, 0.3) is 5.24 Å². The maximum atomic E-state index is 12.0. The van der Waals surface area contributed by atoms with Gasteiger partial charge in [0.2, 0.25) is 0 Å². The Morgan fingerprint density at radius 1 is 1.00 bits per heavy atom. The van der Waals surface area contributed by atoms with E-state index in [1.54, 1.807) is 38.4 Å². The van der Waals surface area contributed by atoms with Gasteiger partial charge in [0, 0.05) is 24.6 Å². The fraction of sp³-hybridized carbons (Fsp3) is 0.111. The van der Waals surface area contributed by atoms with Crippen LogP contribution >= 0.6 is 11.8 Å². The number of amides is 1. The van der Waals surface area contributed by atoms with Crippen molar-refractivity contribution in [3.05, 3.63) is 71.8 Å². The van der Waals surface area contributed by atoms with Crippen LogP contribution in [-0.2, 0) is 0 Å². The summed E-state index contributed by atoms with van der Waals surface area (Å²) in [6, 6.07) is 16.7. The third-order valence-electron chi connectivity index (χ3n) is 2.91. The summed E-state index contributed by atoms with van der Waals surface area (Å²) in [6.07, 6.45) is 3.31. The molecule has 0 aromatic heterocycles. The lowest BCUT2D eigenvalue weighted by atomic mass is 10.1. The van der Waals surface area contributed by atoms with E-state index in [4.69, 9.17) is 0 Å². The van der Waals surface area contributed by atoms with Gasteiger partial charge in [0.1, 0.15) is 0 Å². The first-order chi connectivity index (χ1) is 10.6. The molecule has 0 spiro atoms. The van der Waals surface area contributed by atoms with Gasteiger partial charge in [0.15, 0.2) is 5.78 Å². The van der Waals surface area contributed by atoms with Gasteiger partial charge >= 0.3 is 0 Å². The number of rotatable bonds is 4. The molecule has 0 fully saturated rings. The zero-order valence-corrected chi connectivity index (χ0v) is 13.3. The largest absolute Gasteiger partial charge is 0.339 e. The molecule has 0 saturated carbocycles. The topological polar surface area (TPSA) is 37.4 Å². The minimum Gasteiger partial charge on any atom is -0.339 e. The predicted molar refractivity (Wildman–Crippen MR) is 91.2 cm³/mol. The Labute approximate surface area is 134 Å². The summed E-state index contributed by atoms with van der Waals surface area (Å²) in [6.45, 7) is 0. The third-order valence-corrected chi connectivity index (χ3v) is 3.94. The van der Waals surface area contributed by atoms with Gasteiger partial charge in [-0.05, 0) is 35.5 Å². The Bertz CT molecular complexity index is 693. The highest BCUT2D eigenvalue weighted by Gasteiger charge is 2.06. The molecule has 1 amide bonds. The summed E-state index contributed by atoms with van der Waals surface area (Å²) in [5, 5.41) is -0.0264. The van der Waals surface area contributed by atoms with Crippen LogP contribution in [0.5, 0.6) is 0 Å². The minimum atomic E-state index is -0.0389. The number of carbonyl (C=O) groups excluding carboxylic acids is 2.